The maximum absolute atomic E-state index is 11.1. The predicted octanol–water partition coefficient (Wildman–Crippen LogP) is 3.79. The van der Waals surface area contributed by atoms with Gasteiger partial charge in [-0.05, 0) is 44.8 Å². The van der Waals surface area contributed by atoms with Gasteiger partial charge in [0, 0.05) is 18.0 Å². The van der Waals surface area contributed by atoms with Crippen LogP contribution in [0.4, 0.5) is 0 Å². The molecule has 1 atom stereocenters. The van der Waals surface area contributed by atoms with Crippen LogP contribution in [0.15, 0.2) is 67.0 Å². The number of hydrogen-bond acceptors (Lipinski definition) is 3. The SMILES string of the molecule is CN(C)CC[C@H](c1ccccc1)n1ccnc1-c1ccc(C(=O)O)cc1. The van der Waals surface area contributed by atoms with Crippen molar-refractivity contribution in [2.24, 2.45) is 0 Å². The Labute approximate surface area is 153 Å². The summed E-state index contributed by atoms with van der Waals surface area (Å²) in [7, 11) is 4.14. The fourth-order valence-electron chi connectivity index (χ4n) is 3.07. The summed E-state index contributed by atoms with van der Waals surface area (Å²) >= 11 is 0. The second kappa shape index (κ2) is 7.97. The zero-order valence-electron chi connectivity index (χ0n) is 15.0. The molecule has 2 aromatic carbocycles. The molecule has 0 radical (unpaired) electrons. The first kappa shape index (κ1) is 17.9. The maximum atomic E-state index is 11.1. The standard InChI is InChI=1S/C21H23N3O2/c1-23(2)14-12-19(16-6-4-3-5-7-16)24-15-13-22-20(24)17-8-10-18(11-9-17)21(25)26/h3-11,13,15,19H,12,14H2,1-2H3,(H,25,26)/t19-/m1/s1. The van der Waals surface area contributed by atoms with Crippen LogP contribution in [0.25, 0.3) is 11.4 Å². The highest BCUT2D eigenvalue weighted by molar-refractivity contribution is 5.88. The van der Waals surface area contributed by atoms with Gasteiger partial charge in [0.2, 0.25) is 0 Å². The van der Waals surface area contributed by atoms with Gasteiger partial charge in [-0.1, -0.05) is 42.5 Å². The van der Waals surface area contributed by atoms with Crippen LogP contribution in [0.3, 0.4) is 0 Å². The van der Waals surface area contributed by atoms with Crippen molar-refractivity contribution in [2.45, 2.75) is 12.5 Å². The molecule has 0 spiro atoms. The molecule has 0 aliphatic heterocycles. The number of carboxylic acids is 1. The van der Waals surface area contributed by atoms with Gasteiger partial charge in [-0.15, -0.1) is 0 Å². The number of carboxylic acid groups (broad SMARTS) is 1. The maximum Gasteiger partial charge on any atom is 0.335 e. The molecule has 0 bridgehead atoms. The highest BCUT2D eigenvalue weighted by atomic mass is 16.4. The average molecular weight is 349 g/mol. The zero-order chi connectivity index (χ0) is 18.5. The minimum absolute atomic E-state index is 0.162. The van der Waals surface area contributed by atoms with Gasteiger partial charge < -0.3 is 14.6 Å². The van der Waals surface area contributed by atoms with E-state index < -0.39 is 5.97 Å². The fourth-order valence-corrected chi connectivity index (χ4v) is 3.07. The number of hydrogen-bond donors (Lipinski definition) is 1. The van der Waals surface area contributed by atoms with Crippen LogP contribution >= 0.6 is 0 Å². The van der Waals surface area contributed by atoms with Crippen LogP contribution in [-0.4, -0.2) is 46.2 Å². The Kier molecular flexibility index (Phi) is 5.49. The third-order valence-electron chi connectivity index (χ3n) is 4.43. The normalized spacial score (nSPS) is 12.3. The van der Waals surface area contributed by atoms with E-state index in [1.54, 1.807) is 18.3 Å². The number of imidazole rings is 1. The van der Waals surface area contributed by atoms with Gasteiger partial charge in [0.25, 0.3) is 0 Å². The summed E-state index contributed by atoms with van der Waals surface area (Å²) in [6.45, 7) is 0.954. The summed E-state index contributed by atoms with van der Waals surface area (Å²) in [4.78, 5) is 17.8. The number of carbonyl (C=O) groups is 1. The molecule has 3 rings (SSSR count). The average Bonchev–Trinajstić information content (AvgIpc) is 3.12. The van der Waals surface area contributed by atoms with Crippen LogP contribution < -0.4 is 0 Å². The molecule has 0 saturated carbocycles. The molecule has 3 aromatic rings. The van der Waals surface area contributed by atoms with Gasteiger partial charge in [-0.25, -0.2) is 9.78 Å². The quantitative estimate of drug-likeness (QED) is 0.705. The van der Waals surface area contributed by atoms with Crippen LogP contribution in [0, 0.1) is 0 Å². The summed E-state index contributed by atoms with van der Waals surface area (Å²) in [6.07, 6.45) is 4.74. The highest BCUT2D eigenvalue weighted by Gasteiger charge is 2.18. The number of benzene rings is 2. The van der Waals surface area contributed by atoms with Crippen molar-refractivity contribution < 1.29 is 9.90 Å². The Morgan fingerprint density at radius 2 is 1.81 bits per heavy atom. The molecule has 0 unspecified atom stereocenters. The van der Waals surface area contributed by atoms with E-state index >= 15 is 0 Å². The van der Waals surface area contributed by atoms with Gasteiger partial charge in [0.15, 0.2) is 0 Å². The first-order chi connectivity index (χ1) is 12.6. The molecule has 134 valence electrons. The molecule has 5 nitrogen and oxygen atoms in total. The molecular weight excluding hydrogens is 326 g/mol. The summed E-state index contributed by atoms with van der Waals surface area (Å²) in [5.41, 5.74) is 2.42. The molecule has 0 amide bonds. The molecule has 1 aromatic heterocycles. The molecule has 0 aliphatic rings. The van der Waals surface area contributed by atoms with E-state index in [4.69, 9.17) is 5.11 Å². The smallest absolute Gasteiger partial charge is 0.335 e. The Balaban J connectivity index is 1.98. The van der Waals surface area contributed by atoms with Gasteiger partial charge >= 0.3 is 5.97 Å². The van der Waals surface area contributed by atoms with E-state index in [0.29, 0.717) is 0 Å². The molecule has 0 saturated heterocycles. The van der Waals surface area contributed by atoms with Crippen LogP contribution in [0.5, 0.6) is 0 Å². The van der Waals surface area contributed by atoms with Gasteiger partial charge in [-0.2, -0.15) is 0 Å². The van der Waals surface area contributed by atoms with Gasteiger partial charge in [0.05, 0.1) is 11.6 Å². The van der Waals surface area contributed by atoms with Crippen molar-refractivity contribution in [3.63, 3.8) is 0 Å². The highest BCUT2D eigenvalue weighted by Crippen LogP contribution is 2.28. The van der Waals surface area contributed by atoms with Crippen LogP contribution in [0.1, 0.15) is 28.4 Å². The largest absolute Gasteiger partial charge is 0.478 e. The topological polar surface area (TPSA) is 58.4 Å². The van der Waals surface area contributed by atoms with E-state index in [2.05, 4.69) is 52.8 Å². The van der Waals surface area contributed by atoms with E-state index in [9.17, 15) is 4.79 Å². The van der Waals surface area contributed by atoms with Crippen molar-refractivity contribution in [3.05, 3.63) is 78.1 Å². The van der Waals surface area contributed by atoms with Crippen molar-refractivity contribution in [3.8, 4) is 11.4 Å². The Bertz CT molecular complexity index is 854. The van der Waals surface area contributed by atoms with Crippen molar-refractivity contribution in [1.29, 1.82) is 0 Å². The second-order valence-electron chi connectivity index (χ2n) is 6.56. The van der Waals surface area contributed by atoms with E-state index in [0.717, 1.165) is 24.4 Å². The zero-order valence-corrected chi connectivity index (χ0v) is 15.0. The van der Waals surface area contributed by atoms with Crippen molar-refractivity contribution in [1.82, 2.24) is 14.5 Å². The Morgan fingerprint density at radius 3 is 2.42 bits per heavy atom. The lowest BCUT2D eigenvalue weighted by Gasteiger charge is -2.23. The number of aromatic carboxylic acids is 1. The second-order valence-corrected chi connectivity index (χ2v) is 6.56. The number of aromatic nitrogens is 2. The minimum Gasteiger partial charge on any atom is -0.478 e. The third kappa shape index (κ3) is 4.00. The first-order valence-corrected chi connectivity index (χ1v) is 8.62. The molecule has 1 N–H and O–H groups in total. The Hall–Kier alpha value is -2.92. The molecule has 26 heavy (non-hydrogen) atoms. The monoisotopic (exact) mass is 349 g/mol. The van der Waals surface area contributed by atoms with Gasteiger partial charge in [-0.3, -0.25) is 0 Å². The lowest BCUT2D eigenvalue weighted by Crippen LogP contribution is -2.20. The first-order valence-electron chi connectivity index (χ1n) is 8.62. The van der Waals surface area contributed by atoms with E-state index in [1.807, 2.05) is 24.4 Å². The minimum atomic E-state index is -0.923. The molecule has 0 aliphatic carbocycles. The lowest BCUT2D eigenvalue weighted by atomic mass is 10.0. The summed E-state index contributed by atoms with van der Waals surface area (Å²) in [5, 5.41) is 9.09. The summed E-state index contributed by atoms with van der Waals surface area (Å²) < 4.78 is 2.18. The predicted molar refractivity (Wildman–Crippen MR) is 102 cm³/mol. The third-order valence-corrected chi connectivity index (χ3v) is 4.43. The van der Waals surface area contributed by atoms with Crippen LogP contribution in [-0.2, 0) is 0 Å². The Morgan fingerprint density at radius 1 is 1.12 bits per heavy atom. The molecule has 1 heterocycles. The summed E-state index contributed by atoms with van der Waals surface area (Å²) in [5.74, 6) is -0.0809. The molecule has 5 heteroatoms. The van der Waals surface area contributed by atoms with Crippen molar-refractivity contribution in [2.75, 3.05) is 20.6 Å². The summed E-state index contributed by atoms with van der Waals surface area (Å²) in [6, 6.07) is 17.4. The van der Waals surface area contributed by atoms with Crippen LogP contribution in [0.2, 0.25) is 0 Å². The number of nitrogens with zero attached hydrogens (tertiary/aromatic N) is 3. The fraction of sp³-hybridized carbons (Fsp3) is 0.238. The van der Waals surface area contributed by atoms with E-state index in [-0.39, 0.29) is 11.6 Å². The molecule has 0 fully saturated rings. The van der Waals surface area contributed by atoms with Gasteiger partial charge in [0.1, 0.15) is 5.82 Å². The van der Waals surface area contributed by atoms with E-state index in [1.165, 1.54) is 5.56 Å². The lowest BCUT2D eigenvalue weighted by molar-refractivity contribution is 0.0697. The number of rotatable bonds is 7. The molecular formula is C21H23N3O2. The van der Waals surface area contributed by atoms with Crippen molar-refractivity contribution >= 4 is 5.97 Å².